The third-order valence-electron chi connectivity index (χ3n) is 4.91. The largest absolute Gasteiger partial charge is 0.452 e. The minimum absolute atomic E-state index is 0.330. The molecule has 2 aromatic carbocycles. The van der Waals surface area contributed by atoms with E-state index >= 15 is 0 Å². The number of piperidine rings is 1. The lowest BCUT2D eigenvalue weighted by Gasteiger charge is -2.28. The second kappa shape index (κ2) is 8.68. The summed E-state index contributed by atoms with van der Waals surface area (Å²) in [5.41, 5.74) is 3.45. The van der Waals surface area contributed by atoms with Gasteiger partial charge >= 0.3 is 5.97 Å². The Hall–Kier alpha value is -3.48. The molecule has 0 aliphatic carbocycles. The fraction of sp³-hybridized carbons (Fsp3) is 0.273. The van der Waals surface area contributed by atoms with Gasteiger partial charge < -0.3 is 15.0 Å². The topological polar surface area (TPSA) is 84.4 Å². The Morgan fingerprint density at radius 1 is 0.931 bits per heavy atom. The lowest BCUT2D eigenvalue weighted by molar-refractivity contribution is -0.119. The monoisotopic (exact) mass is 390 g/mol. The molecular weight excluding hydrogens is 368 g/mol. The highest BCUT2D eigenvalue weighted by atomic mass is 16.5. The molecule has 0 atom stereocenters. The summed E-state index contributed by atoms with van der Waals surface area (Å²) in [5, 5.41) is 2.75. The first-order chi connectivity index (χ1) is 14.2. The number of aromatic nitrogens is 2. The molecule has 7 heteroatoms. The van der Waals surface area contributed by atoms with Gasteiger partial charge in [-0.15, -0.1) is 0 Å². The number of hydrogen-bond acceptors (Lipinski definition) is 6. The van der Waals surface area contributed by atoms with E-state index in [1.807, 2.05) is 24.3 Å². The Morgan fingerprint density at radius 3 is 2.41 bits per heavy atom. The van der Waals surface area contributed by atoms with E-state index in [0.29, 0.717) is 22.3 Å². The molecule has 1 aliphatic heterocycles. The normalized spacial score (nSPS) is 13.9. The summed E-state index contributed by atoms with van der Waals surface area (Å²) in [6.07, 6.45) is 6.86. The highest BCUT2D eigenvalue weighted by molar-refractivity contribution is 5.97. The zero-order valence-electron chi connectivity index (χ0n) is 16.0. The molecule has 1 fully saturated rings. The number of carbonyl (C=O) groups excluding carboxylic acids is 2. The van der Waals surface area contributed by atoms with Crippen LogP contribution in [0, 0.1) is 0 Å². The molecule has 1 aromatic heterocycles. The first-order valence-corrected chi connectivity index (χ1v) is 9.72. The minimum Gasteiger partial charge on any atom is -0.452 e. The molecule has 29 heavy (non-hydrogen) atoms. The van der Waals surface area contributed by atoms with Gasteiger partial charge in [-0.3, -0.25) is 14.8 Å². The van der Waals surface area contributed by atoms with E-state index < -0.39 is 5.97 Å². The van der Waals surface area contributed by atoms with Gasteiger partial charge in [-0.05, 0) is 61.7 Å². The molecule has 0 bridgehead atoms. The van der Waals surface area contributed by atoms with Gasteiger partial charge in [0.25, 0.3) is 5.91 Å². The van der Waals surface area contributed by atoms with Gasteiger partial charge in [0, 0.05) is 36.9 Å². The van der Waals surface area contributed by atoms with Crippen molar-refractivity contribution in [3.05, 3.63) is 60.4 Å². The highest BCUT2D eigenvalue weighted by Crippen LogP contribution is 2.21. The maximum absolute atomic E-state index is 12.2. The van der Waals surface area contributed by atoms with Crippen LogP contribution in [-0.4, -0.2) is 41.5 Å². The van der Waals surface area contributed by atoms with Crippen LogP contribution in [0.5, 0.6) is 0 Å². The number of rotatable bonds is 5. The maximum atomic E-state index is 12.2. The van der Waals surface area contributed by atoms with Crippen molar-refractivity contribution >= 4 is 34.3 Å². The Kier molecular flexibility index (Phi) is 5.65. The predicted octanol–water partition coefficient (Wildman–Crippen LogP) is 3.42. The molecular formula is C22H22N4O3. The molecule has 1 saturated heterocycles. The van der Waals surface area contributed by atoms with Crippen molar-refractivity contribution in [2.24, 2.45) is 0 Å². The maximum Gasteiger partial charge on any atom is 0.338 e. The molecule has 7 nitrogen and oxygen atoms in total. The summed E-state index contributed by atoms with van der Waals surface area (Å²) in [4.78, 5) is 35.0. The standard InChI is InChI=1S/C22H22N4O3/c27-21(25-17-5-7-18(8-6-17)26-12-2-1-3-13-26)15-29-22(28)16-4-9-19-20(14-16)24-11-10-23-19/h4-11,14H,1-3,12-13,15H2,(H,25,27). The van der Waals surface area contributed by atoms with Crippen LogP contribution >= 0.6 is 0 Å². The summed E-state index contributed by atoms with van der Waals surface area (Å²) >= 11 is 0. The van der Waals surface area contributed by atoms with Gasteiger partial charge in [0.15, 0.2) is 6.61 Å². The van der Waals surface area contributed by atoms with Gasteiger partial charge in [0.1, 0.15) is 0 Å². The first-order valence-electron chi connectivity index (χ1n) is 9.72. The Labute approximate surface area is 168 Å². The van der Waals surface area contributed by atoms with E-state index in [-0.39, 0.29) is 12.5 Å². The number of amides is 1. The summed E-state index contributed by atoms with van der Waals surface area (Å²) in [6.45, 7) is 1.79. The summed E-state index contributed by atoms with van der Waals surface area (Å²) < 4.78 is 5.12. The first kappa shape index (κ1) is 18.9. The number of ether oxygens (including phenoxy) is 1. The molecule has 148 valence electrons. The van der Waals surface area contributed by atoms with E-state index in [0.717, 1.165) is 18.8 Å². The van der Waals surface area contributed by atoms with Gasteiger partial charge in [-0.1, -0.05) is 0 Å². The Balaban J connectivity index is 1.30. The molecule has 0 saturated carbocycles. The molecule has 1 amide bonds. The van der Waals surface area contributed by atoms with Gasteiger partial charge in [-0.2, -0.15) is 0 Å². The van der Waals surface area contributed by atoms with E-state index in [1.54, 1.807) is 30.6 Å². The molecule has 0 spiro atoms. The molecule has 1 N–H and O–H groups in total. The van der Waals surface area contributed by atoms with Crippen molar-refractivity contribution in [2.45, 2.75) is 19.3 Å². The van der Waals surface area contributed by atoms with Gasteiger partial charge in [-0.25, -0.2) is 4.79 Å². The molecule has 2 heterocycles. The third kappa shape index (κ3) is 4.68. The molecule has 0 unspecified atom stereocenters. The average Bonchev–Trinajstić information content (AvgIpc) is 2.78. The van der Waals surface area contributed by atoms with Crippen LogP contribution in [-0.2, 0) is 9.53 Å². The van der Waals surface area contributed by atoms with Crippen LogP contribution in [0.4, 0.5) is 11.4 Å². The summed E-state index contributed by atoms with van der Waals surface area (Å²) in [6, 6.07) is 12.6. The van der Waals surface area contributed by atoms with Crippen molar-refractivity contribution in [2.75, 3.05) is 29.9 Å². The van der Waals surface area contributed by atoms with Gasteiger partial charge in [0.05, 0.1) is 16.6 Å². The van der Waals surface area contributed by atoms with Crippen molar-refractivity contribution < 1.29 is 14.3 Å². The number of hydrogen-bond donors (Lipinski definition) is 1. The predicted molar refractivity (Wildman–Crippen MR) is 111 cm³/mol. The molecule has 1 aliphatic rings. The van der Waals surface area contributed by atoms with Crippen molar-refractivity contribution in [3.8, 4) is 0 Å². The fourth-order valence-electron chi connectivity index (χ4n) is 3.41. The van der Waals surface area contributed by atoms with Crippen molar-refractivity contribution in [1.29, 1.82) is 0 Å². The zero-order chi connectivity index (χ0) is 20.1. The lowest BCUT2D eigenvalue weighted by atomic mass is 10.1. The van der Waals surface area contributed by atoms with E-state index in [4.69, 9.17) is 4.74 Å². The van der Waals surface area contributed by atoms with Crippen molar-refractivity contribution in [1.82, 2.24) is 9.97 Å². The van der Waals surface area contributed by atoms with E-state index in [2.05, 4.69) is 20.2 Å². The van der Waals surface area contributed by atoms with E-state index in [1.165, 1.54) is 19.3 Å². The number of benzene rings is 2. The number of fused-ring (bicyclic) bond motifs is 1. The van der Waals surface area contributed by atoms with Crippen molar-refractivity contribution in [3.63, 3.8) is 0 Å². The number of nitrogens with zero attached hydrogens (tertiary/aromatic N) is 3. The van der Waals surface area contributed by atoms with Crippen LogP contribution in [0.25, 0.3) is 11.0 Å². The van der Waals surface area contributed by atoms with Gasteiger partial charge in [0.2, 0.25) is 0 Å². The molecule has 3 aromatic rings. The quantitative estimate of drug-likeness (QED) is 0.672. The number of carbonyl (C=O) groups is 2. The molecule has 0 radical (unpaired) electrons. The van der Waals surface area contributed by atoms with Crippen LogP contribution in [0.1, 0.15) is 29.6 Å². The fourth-order valence-corrected chi connectivity index (χ4v) is 3.41. The summed E-state index contributed by atoms with van der Waals surface area (Å²) in [5.74, 6) is -0.960. The van der Waals surface area contributed by atoms with E-state index in [9.17, 15) is 9.59 Å². The minimum atomic E-state index is -0.576. The number of anilines is 2. The van der Waals surface area contributed by atoms with Crippen LogP contribution in [0.3, 0.4) is 0 Å². The Bertz CT molecular complexity index is 1010. The van der Waals surface area contributed by atoms with Crippen LogP contribution in [0.15, 0.2) is 54.9 Å². The SMILES string of the molecule is O=C(COC(=O)c1ccc2nccnc2c1)Nc1ccc(N2CCCCC2)cc1. The summed E-state index contributed by atoms with van der Waals surface area (Å²) in [7, 11) is 0. The second-order valence-corrected chi connectivity index (χ2v) is 6.98. The smallest absolute Gasteiger partial charge is 0.338 e. The Morgan fingerprint density at radius 2 is 1.66 bits per heavy atom. The number of nitrogens with one attached hydrogen (secondary N) is 1. The highest BCUT2D eigenvalue weighted by Gasteiger charge is 2.13. The van der Waals surface area contributed by atoms with Crippen LogP contribution < -0.4 is 10.2 Å². The third-order valence-corrected chi connectivity index (χ3v) is 4.91. The number of esters is 1. The lowest BCUT2D eigenvalue weighted by Crippen LogP contribution is -2.29. The zero-order valence-corrected chi connectivity index (χ0v) is 16.0. The van der Waals surface area contributed by atoms with Crippen LogP contribution in [0.2, 0.25) is 0 Å². The molecule has 4 rings (SSSR count). The second-order valence-electron chi connectivity index (χ2n) is 6.98. The average molecular weight is 390 g/mol.